The second kappa shape index (κ2) is 8.61. The van der Waals surface area contributed by atoms with E-state index < -0.39 is 11.6 Å². The molecule has 5 rings (SSSR count). The lowest BCUT2D eigenvalue weighted by atomic mass is 10.0. The van der Waals surface area contributed by atoms with Crippen LogP contribution in [0, 0.1) is 11.6 Å². The average molecular weight is 457 g/mol. The highest BCUT2D eigenvalue weighted by molar-refractivity contribution is 7.17. The topological polar surface area (TPSA) is 42.0 Å². The second-order valence-electron chi connectivity index (χ2n) is 7.93. The molecule has 0 bridgehead atoms. The highest BCUT2D eigenvalue weighted by Gasteiger charge is 2.26. The third-order valence-corrected chi connectivity index (χ3v) is 6.98. The van der Waals surface area contributed by atoms with Crippen LogP contribution >= 0.6 is 11.3 Å². The SMILES string of the molecule is CN(C(=O)c1cc2c(s1)-c1cc(CN3CCOCC3)ccc1OC2)c1ccc(F)cc1F. The number of rotatable bonds is 4. The third-order valence-electron chi connectivity index (χ3n) is 5.78. The zero-order valence-electron chi connectivity index (χ0n) is 17.6. The van der Waals surface area contributed by atoms with Gasteiger partial charge in [0.1, 0.15) is 24.0 Å². The zero-order chi connectivity index (χ0) is 22.2. The minimum Gasteiger partial charge on any atom is -0.488 e. The number of amides is 1. The van der Waals surface area contributed by atoms with Crippen LogP contribution in [0.3, 0.4) is 0 Å². The number of carbonyl (C=O) groups excluding carboxylic acids is 1. The number of hydrogen-bond acceptors (Lipinski definition) is 5. The van der Waals surface area contributed by atoms with Gasteiger partial charge in [0.25, 0.3) is 5.91 Å². The molecular weight excluding hydrogens is 434 g/mol. The first-order valence-corrected chi connectivity index (χ1v) is 11.2. The van der Waals surface area contributed by atoms with Crippen LogP contribution in [-0.4, -0.2) is 44.2 Å². The Morgan fingerprint density at radius 2 is 1.94 bits per heavy atom. The van der Waals surface area contributed by atoms with Gasteiger partial charge in [-0.1, -0.05) is 6.07 Å². The van der Waals surface area contributed by atoms with Gasteiger partial charge in [-0.15, -0.1) is 11.3 Å². The van der Waals surface area contributed by atoms with Gasteiger partial charge in [0.15, 0.2) is 0 Å². The van der Waals surface area contributed by atoms with E-state index in [-0.39, 0.29) is 11.6 Å². The summed E-state index contributed by atoms with van der Waals surface area (Å²) in [5.74, 6) is -1.01. The monoisotopic (exact) mass is 456 g/mol. The standard InChI is InChI=1S/C24H22F2N2O3S/c1-27(20-4-3-17(25)12-19(20)26)24(29)22-11-16-14-31-21-5-2-15(10-18(21)23(16)32-22)13-28-6-8-30-9-7-28/h2-5,10-12H,6-9,13-14H2,1H3. The number of fused-ring (bicyclic) bond motifs is 3. The molecule has 1 aromatic heterocycles. The zero-order valence-corrected chi connectivity index (χ0v) is 18.4. The van der Waals surface area contributed by atoms with Crippen molar-refractivity contribution in [3.05, 3.63) is 70.1 Å². The van der Waals surface area contributed by atoms with Crippen LogP contribution in [-0.2, 0) is 17.9 Å². The van der Waals surface area contributed by atoms with Crippen LogP contribution < -0.4 is 9.64 Å². The number of morpholine rings is 1. The molecule has 0 spiro atoms. The first-order chi connectivity index (χ1) is 15.5. The molecule has 0 saturated carbocycles. The van der Waals surface area contributed by atoms with Crippen LogP contribution in [0.2, 0.25) is 0 Å². The summed E-state index contributed by atoms with van der Waals surface area (Å²) >= 11 is 1.37. The predicted octanol–water partition coefficient (Wildman–Crippen LogP) is 4.69. The molecule has 0 unspecified atom stereocenters. The van der Waals surface area contributed by atoms with E-state index in [0.29, 0.717) is 11.5 Å². The summed E-state index contributed by atoms with van der Waals surface area (Å²) in [6.07, 6.45) is 0. The fourth-order valence-corrected chi connectivity index (χ4v) is 5.21. The Hall–Kier alpha value is -2.81. The van der Waals surface area contributed by atoms with Crippen LogP contribution in [0.4, 0.5) is 14.5 Å². The molecular formula is C24H22F2N2O3S. The summed E-state index contributed by atoms with van der Waals surface area (Å²) < 4.78 is 38.8. The highest BCUT2D eigenvalue weighted by atomic mass is 32.1. The van der Waals surface area contributed by atoms with Gasteiger partial charge in [-0.25, -0.2) is 8.78 Å². The van der Waals surface area contributed by atoms with E-state index in [0.717, 1.165) is 66.7 Å². The Morgan fingerprint density at radius 3 is 2.72 bits per heavy atom. The first-order valence-electron chi connectivity index (χ1n) is 10.4. The summed E-state index contributed by atoms with van der Waals surface area (Å²) in [6, 6.07) is 11.2. The van der Waals surface area contributed by atoms with Crippen LogP contribution in [0.25, 0.3) is 10.4 Å². The van der Waals surface area contributed by atoms with E-state index in [1.165, 1.54) is 34.9 Å². The van der Waals surface area contributed by atoms with Crippen molar-refractivity contribution in [2.75, 3.05) is 38.3 Å². The average Bonchev–Trinajstić information content (AvgIpc) is 3.24. The molecule has 0 N–H and O–H groups in total. The van der Waals surface area contributed by atoms with Gasteiger partial charge in [0.05, 0.1) is 23.8 Å². The Balaban J connectivity index is 1.42. The Bertz CT molecular complexity index is 1170. The van der Waals surface area contributed by atoms with Crippen LogP contribution in [0.15, 0.2) is 42.5 Å². The van der Waals surface area contributed by atoms with Crippen molar-refractivity contribution in [2.24, 2.45) is 0 Å². The van der Waals surface area contributed by atoms with Crippen molar-refractivity contribution in [3.8, 4) is 16.2 Å². The van der Waals surface area contributed by atoms with Gasteiger partial charge < -0.3 is 14.4 Å². The van der Waals surface area contributed by atoms with Gasteiger partial charge in [0, 0.05) is 48.8 Å². The third kappa shape index (κ3) is 4.01. The first kappa shape index (κ1) is 21.1. The minimum atomic E-state index is -0.774. The molecule has 32 heavy (non-hydrogen) atoms. The number of hydrogen-bond donors (Lipinski definition) is 0. The minimum absolute atomic E-state index is 0.0345. The summed E-state index contributed by atoms with van der Waals surface area (Å²) in [5, 5.41) is 0. The van der Waals surface area contributed by atoms with E-state index in [4.69, 9.17) is 9.47 Å². The molecule has 0 radical (unpaired) electrons. The van der Waals surface area contributed by atoms with E-state index in [9.17, 15) is 13.6 Å². The van der Waals surface area contributed by atoms with Crippen molar-refractivity contribution in [3.63, 3.8) is 0 Å². The maximum absolute atomic E-state index is 14.2. The number of ether oxygens (including phenoxy) is 2. The lowest BCUT2D eigenvalue weighted by Gasteiger charge is -2.27. The highest BCUT2D eigenvalue weighted by Crippen LogP contribution is 2.43. The van der Waals surface area contributed by atoms with Crippen molar-refractivity contribution >= 4 is 22.9 Å². The summed E-state index contributed by atoms with van der Waals surface area (Å²) in [4.78, 5) is 18.1. The largest absolute Gasteiger partial charge is 0.488 e. The lowest BCUT2D eigenvalue weighted by molar-refractivity contribution is 0.0342. The summed E-state index contributed by atoms with van der Waals surface area (Å²) in [6.45, 7) is 4.51. The van der Waals surface area contributed by atoms with Crippen molar-refractivity contribution < 1.29 is 23.0 Å². The van der Waals surface area contributed by atoms with Gasteiger partial charge in [-0.05, 0) is 35.9 Å². The predicted molar refractivity (Wildman–Crippen MR) is 119 cm³/mol. The Labute approximate surface area is 188 Å². The van der Waals surface area contributed by atoms with Crippen LogP contribution in [0.1, 0.15) is 20.8 Å². The maximum Gasteiger partial charge on any atom is 0.268 e. The Kier molecular flexibility index (Phi) is 5.67. The molecule has 2 aliphatic rings. The van der Waals surface area contributed by atoms with Gasteiger partial charge in [-0.3, -0.25) is 9.69 Å². The number of benzene rings is 2. The summed E-state index contributed by atoms with van der Waals surface area (Å²) in [7, 11) is 1.49. The molecule has 8 heteroatoms. The van der Waals surface area contributed by atoms with Gasteiger partial charge in [-0.2, -0.15) is 0 Å². The maximum atomic E-state index is 14.2. The number of nitrogens with zero attached hydrogens (tertiary/aromatic N) is 2. The molecule has 3 heterocycles. The lowest BCUT2D eigenvalue weighted by Crippen LogP contribution is -2.35. The molecule has 3 aromatic rings. The number of thiophene rings is 1. The molecule has 0 aliphatic carbocycles. The Morgan fingerprint density at radius 1 is 1.12 bits per heavy atom. The van der Waals surface area contributed by atoms with Crippen molar-refractivity contribution in [1.29, 1.82) is 0 Å². The van der Waals surface area contributed by atoms with E-state index >= 15 is 0 Å². The summed E-state index contributed by atoms with van der Waals surface area (Å²) in [5.41, 5.74) is 3.11. The molecule has 166 valence electrons. The molecule has 1 saturated heterocycles. The quantitative estimate of drug-likeness (QED) is 0.571. The number of halogens is 2. The molecule has 1 amide bonds. The van der Waals surface area contributed by atoms with E-state index in [2.05, 4.69) is 17.0 Å². The second-order valence-corrected chi connectivity index (χ2v) is 8.98. The molecule has 2 aromatic carbocycles. The van der Waals surface area contributed by atoms with E-state index in [1.54, 1.807) is 6.07 Å². The molecule has 5 nitrogen and oxygen atoms in total. The van der Waals surface area contributed by atoms with E-state index in [1.807, 2.05) is 6.07 Å². The van der Waals surface area contributed by atoms with Gasteiger partial charge in [0.2, 0.25) is 0 Å². The van der Waals surface area contributed by atoms with Gasteiger partial charge >= 0.3 is 0 Å². The smallest absolute Gasteiger partial charge is 0.268 e. The fraction of sp³-hybridized carbons (Fsp3) is 0.292. The van der Waals surface area contributed by atoms with Crippen molar-refractivity contribution in [2.45, 2.75) is 13.2 Å². The van der Waals surface area contributed by atoms with Crippen LogP contribution in [0.5, 0.6) is 5.75 Å². The molecule has 1 fully saturated rings. The number of carbonyl (C=O) groups is 1. The number of anilines is 1. The molecule has 2 aliphatic heterocycles. The normalized spacial score (nSPS) is 15.6. The molecule has 0 atom stereocenters. The fourth-order valence-electron chi connectivity index (χ4n) is 4.05. The van der Waals surface area contributed by atoms with Crippen molar-refractivity contribution in [1.82, 2.24) is 4.90 Å².